The molecular formula is C34H36FN5O6S. The summed E-state index contributed by atoms with van der Waals surface area (Å²) >= 11 is 0. The van der Waals surface area contributed by atoms with Gasteiger partial charge in [0.1, 0.15) is 17.6 Å². The third kappa shape index (κ3) is 7.05. The second kappa shape index (κ2) is 13.2. The molecule has 3 aromatic rings. The first-order valence-corrected chi connectivity index (χ1v) is 17.1. The maximum absolute atomic E-state index is 15.2. The molecule has 0 radical (unpaired) electrons. The first-order valence-electron chi connectivity index (χ1n) is 15.6. The predicted octanol–water partition coefficient (Wildman–Crippen LogP) is 4.75. The molecule has 246 valence electrons. The van der Waals surface area contributed by atoms with Crippen molar-refractivity contribution in [2.24, 2.45) is 16.8 Å². The van der Waals surface area contributed by atoms with E-state index in [1.165, 1.54) is 54.3 Å². The number of rotatable bonds is 7. The van der Waals surface area contributed by atoms with Crippen molar-refractivity contribution in [3.63, 3.8) is 0 Å². The highest BCUT2D eigenvalue weighted by Crippen LogP contribution is 2.35. The van der Waals surface area contributed by atoms with E-state index in [9.17, 15) is 27.4 Å². The summed E-state index contributed by atoms with van der Waals surface area (Å²) < 4.78 is 48.0. The summed E-state index contributed by atoms with van der Waals surface area (Å²) in [6.45, 7) is 2.29. The molecule has 3 aliphatic heterocycles. The molecule has 2 saturated heterocycles. The first-order chi connectivity index (χ1) is 22.5. The van der Waals surface area contributed by atoms with Crippen molar-refractivity contribution < 1.29 is 31.7 Å². The zero-order valence-electron chi connectivity index (χ0n) is 25.8. The number of benzene rings is 3. The quantitative estimate of drug-likeness (QED) is 0.311. The van der Waals surface area contributed by atoms with Gasteiger partial charge in [0.15, 0.2) is 0 Å². The van der Waals surface area contributed by atoms with Gasteiger partial charge in [0.05, 0.1) is 11.4 Å². The lowest BCUT2D eigenvalue weighted by Gasteiger charge is -2.29. The Morgan fingerprint density at radius 3 is 2.26 bits per heavy atom. The fraction of sp³-hybridized carbons (Fsp3) is 0.353. The van der Waals surface area contributed by atoms with E-state index in [2.05, 4.69) is 15.6 Å². The standard InChI is InChI=1S/C34H36FN5O6S/c1-21(47(44,45)46)24-7-6-8-25(17-24)36-34(43)38-32-33(42)40(20-30(41)39-18-22-13-14-23(19-39)16-15-22)29-12-5-3-10-27(29)31(37-32)26-9-2-4-11-28(26)35/h2-12,17,21-23,32H,13-16,18-20H2,1H3,(H2,36,38,43)(H,44,45,46)/t21?,22?,23?,32-/m0/s1. The smallest absolute Gasteiger partial charge is 0.321 e. The summed E-state index contributed by atoms with van der Waals surface area (Å²) in [5.74, 6) is -0.616. The Morgan fingerprint density at radius 1 is 0.957 bits per heavy atom. The van der Waals surface area contributed by atoms with E-state index in [4.69, 9.17) is 0 Å². The molecule has 3 N–H and O–H groups in total. The molecule has 11 nitrogen and oxygen atoms in total. The number of hydrogen-bond donors (Lipinski definition) is 3. The molecule has 4 aliphatic rings. The summed E-state index contributed by atoms with van der Waals surface area (Å²) in [4.78, 5) is 49.1. The Morgan fingerprint density at radius 2 is 1.60 bits per heavy atom. The van der Waals surface area contributed by atoms with Crippen molar-refractivity contribution in [3.05, 3.63) is 95.3 Å². The summed E-state index contributed by atoms with van der Waals surface area (Å²) in [6, 6.07) is 17.8. The molecule has 3 fully saturated rings. The second-order valence-corrected chi connectivity index (χ2v) is 14.1. The fourth-order valence-corrected chi connectivity index (χ4v) is 7.11. The molecular weight excluding hydrogens is 625 g/mol. The number of benzodiazepines with no additional fused rings is 1. The summed E-state index contributed by atoms with van der Waals surface area (Å²) in [5, 5.41) is 3.90. The molecule has 3 aromatic carbocycles. The number of anilines is 2. The second-order valence-electron chi connectivity index (χ2n) is 12.4. The van der Waals surface area contributed by atoms with E-state index in [1.807, 2.05) is 4.90 Å². The van der Waals surface area contributed by atoms with Gasteiger partial charge in [-0.1, -0.05) is 42.5 Å². The van der Waals surface area contributed by atoms with Crippen molar-refractivity contribution in [1.82, 2.24) is 10.2 Å². The number of halogens is 1. The van der Waals surface area contributed by atoms with Crippen molar-refractivity contribution in [2.75, 3.05) is 29.9 Å². The lowest BCUT2D eigenvalue weighted by atomic mass is 9.84. The average Bonchev–Trinajstić information content (AvgIpc) is 3.43. The summed E-state index contributed by atoms with van der Waals surface area (Å²) in [5.41, 5.74) is 1.46. The molecule has 2 bridgehead atoms. The number of amides is 4. The van der Waals surface area contributed by atoms with E-state index < -0.39 is 39.3 Å². The predicted molar refractivity (Wildman–Crippen MR) is 175 cm³/mol. The Balaban J connectivity index is 1.33. The average molecular weight is 662 g/mol. The number of nitrogens with zero attached hydrogens (tertiary/aromatic N) is 3. The highest BCUT2D eigenvalue weighted by atomic mass is 32.2. The van der Waals surface area contributed by atoms with Crippen LogP contribution in [0.25, 0.3) is 0 Å². The van der Waals surface area contributed by atoms with Crippen LogP contribution in [0.1, 0.15) is 54.5 Å². The molecule has 1 aliphatic carbocycles. The zero-order chi connectivity index (χ0) is 33.3. The molecule has 1 unspecified atom stereocenters. The van der Waals surface area contributed by atoms with Crippen LogP contribution in [-0.2, 0) is 19.7 Å². The van der Waals surface area contributed by atoms with Crippen LogP contribution in [0.15, 0.2) is 77.8 Å². The highest BCUT2D eigenvalue weighted by molar-refractivity contribution is 7.86. The van der Waals surface area contributed by atoms with Crippen molar-refractivity contribution in [3.8, 4) is 0 Å². The van der Waals surface area contributed by atoms with Gasteiger partial charge in [0, 0.05) is 29.9 Å². The Bertz CT molecular complexity index is 1830. The molecule has 4 amide bonds. The molecule has 1 saturated carbocycles. The number of urea groups is 1. The largest absolute Gasteiger partial charge is 0.341 e. The lowest BCUT2D eigenvalue weighted by molar-refractivity contribution is -0.132. The van der Waals surface area contributed by atoms with Crippen LogP contribution in [-0.4, -0.2) is 67.2 Å². The van der Waals surface area contributed by atoms with Gasteiger partial charge in [0.25, 0.3) is 16.0 Å². The number of aliphatic imine (C=N–C) groups is 1. The van der Waals surface area contributed by atoms with E-state index >= 15 is 4.39 Å². The monoisotopic (exact) mass is 661 g/mol. The summed E-state index contributed by atoms with van der Waals surface area (Å²) in [7, 11) is -4.38. The van der Waals surface area contributed by atoms with Gasteiger partial charge in [-0.25, -0.2) is 14.2 Å². The van der Waals surface area contributed by atoms with Crippen LogP contribution in [0.5, 0.6) is 0 Å². The van der Waals surface area contributed by atoms with Crippen molar-refractivity contribution >= 4 is 45.1 Å². The minimum absolute atomic E-state index is 0.115. The van der Waals surface area contributed by atoms with Crippen LogP contribution in [0.2, 0.25) is 0 Å². The molecule has 3 heterocycles. The molecule has 7 rings (SSSR count). The molecule has 0 spiro atoms. The van der Waals surface area contributed by atoms with Gasteiger partial charge < -0.3 is 15.5 Å². The molecule has 0 aromatic heterocycles. The number of fused-ring (bicyclic) bond motifs is 5. The number of carbonyl (C=O) groups is 3. The Hall–Kier alpha value is -4.62. The maximum Gasteiger partial charge on any atom is 0.321 e. The van der Waals surface area contributed by atoms with Crippen molar-refractivity contribution in [2.45, 2.75) is 44.0 Å². The maximum atomic E-state index is 15.2. The number of para-hydroxylation sites is 1. The minimum Gasteiger partial charge on any atom is -0.341 e. The topological polar surface area (TPSA) is 148 Å². The molecule has 13 heteroatoms. The zero-order valence-corrected chi connectivity index (χ0v) is 26.6. The first kappa shape index (κ1) is 32.3. The molecule has 47 heavy (non-hydrogen) atoms. The third-order valence-corrected chi connectivity index (χ3v) is 10.4. The van der Waals surface area contributed by atoms with E-state index in [0.29, 0.717) is 36.2 Å². The van der Waals surface area contributed by atoms with E-state index in [-0.39, 0.29) is 35.0 Å². The van der Waals surface area contributed by atoms with Gasteiger partial charge in [-0.2, -0.15) is 8.42 Å². The van der Waals surface area contributed by atoms with Crippen LogP contribution in [0.3, 0.4) is 0 Å². The Kier molecular flexibility index (Phi) is 9.11. The van der Waals surface area contributed by atoms with Crippen molar-refractivity contribution in [1.29, 1.82) is 0 Å². The minimum atomic E-state index is -4.38. The van der Waals surface area contributed by atoms with Crippen LogP contribution in [0.4, 0.5) is 20.6 Å². The summed E-state index contributed by atoms with van der Waals surface area (Å²) in [6.07, 6.45) is 2.78. The fourth-order valence-electron chi connectivity index (χ4n) is 6.62. The van der Waals surface area contributed by atoms with Crippen LogP contribution in [0, 0.1) is 17.7 Å². The normalized spacial score (nSPS) is 21.6. The number of hydrogen-bond acceptors (Lipinski definition) is 6. The van der Waals surface area contributed by atoms with Gasteiger partial charge in [0.2, 0.25) is 12.1 Å². The van der Waals surface area contributed by atoms with E-state index in [1.54, 1.807) is 30.3 Å². The number of carbonyl (C=O) groups excluding carboxylic acids is 3. The molecule has 2 atom stereocenters. The SMILES string of the molecule is CC(c1cccc(NC(=O)N[C@@H]2N=C(c3ccccc3F)c3ccccc3N(CC(=O)N3CC4CCC(CC4)C3)C2=O)c1)S(=O)(=O)O. The lowest BCUT2D eigenvalue weighted by Crippen LogP contribution is -2.51. The van der Waals surface area contributed by atoms with Gasteiger partial charge >= 0.3 is 6.03 Å². The van der Waals surface area contributed by atoms with E-state index in [0.717, 1.165) is 25.7 Å². The van der Waals surface area contributed by atoms with Crippen LogP contribution < -0.4 is 15.5 Å². The third-order valence-electron chi connectivity index (χ3n) is 9.24. The van der Waals surface area contributed by atoms with Gasteiger partial charge in [-0.05, 0) is 80.3 Å². The van der Waals surface area contributed by atoms with Crippen LogP contribution >= 0.6 is 0 Å². The Labute approximate surface area is 272 Å². The van der Waals surface area contributed by atoms with Gasteiger partial charge in [-0.15, -0.1) is 0 Å². The van der Waals surface area contributed by atoms with Gasteiger partial charge in [-0.3, -0.25) is 19.0 Å². The highest BCUT2D eigenvalue weighted by Gasteiger charge is 2.37. The number of nitrogens with one attached hydrogen (secondary N) is 2.